The summed E-state index contributed by atoms with van der Waals surface area (Å²) in [5.41, 5.74) is -0.252. The van der Waals surface area contributed by atoms with E-state index < -0.39 is 0 Å². The fraction of sp³-hybridized carbons (Fsp3) is 0.250. The zero-order valence-electron chi connectivity index (χ0n) is 7.85. The van der Waals surface area contributed by atoms with Crippen molar-refractivity contribution in [2.45, 2.75) is 13.5 Å². The minimum Gasteiger partial charge on any atom is -0.340 e. The molecule has 0 amide bonds. The molecule has 0 saturated carbocycles. The van der Waals surface area contributed by atoms with Crippen LogP contribution in [-0.2, 0) is 6.54 Å². The van der Waals surface area contributed by atoms with Gasteiger partial charge in [-0.05, 0) is 0 Å². The summed E-state index contributed by atoms with van der Waals surface area (Å²) in [5.74, 6) is 0.888. The Morgan fingerprint density at radius 1 is 1.60 bits per heavy atom. The van der Waals surface area contributed by atoms with Crippen molar-refractivity contribution >= 4 is 11.6 Å². The monoisotopic (exact) mass is 226 g/mol. The molecule has 7 heteroatoms. The minimum absolute atomic E-state index is 0.167. The average molecular weight is 227 g/mol. The Morgan fingerprint density at radius 3 is 3.00 bits per heavy atom. The van der Waals surface area contributed by atoms with Crippen molar-refractivity contribution in [1.29, 1.82) is 0 Å². The highest BCUT2D eigenvalue weighted by atomic mass is 35.5. The van der Waals surface area contributed by atoms with Gasteiger partial charge in [-0.25, -0.2) is 4.98 Å². The van der Waals surface area contributed by atoms with Gasteiger partial charge in [0.2, 0.25) is 5.89 Å². The van der Waals surface area contributed by atoms with Gasteiger partial charge in [-0.15, -0.1) is 0 Å². The Morgan fingerprint density at radius 2 is 2.40 bits per heavy atom. The first-order chi connectivity index (χ1) is 7.15. The van der Waals surface area contributed by atoms with Gasteiger partial charge in [0.05, 0.1) is 12.9 Å². The maximum atomic E-state index is 11.4. The molecule has 0 fully saturated rings. The Labute approximate surface area is 89.5 Å². The molecule has 0 atom stereocenters. The van der Waals surface area contributed by atoms with Crippen molar-refractivity contribution in [3.8, 4) is 0 Å². The lowest BCUT2D eigenvalue weighted by molar-refractivity contribution is 0.385. The molecule has 78 valence electrons. The van der Waals surface area contributed by atoms with Gasteiger partial charge in [-0.2, -0.15) is 4.98 Å². The van der Waals surface area contributed by atoms with Crippen molar-refractivity contribution in [3.63, 3.8) is 0 Å². The number of aromatic nitrogens is 4. The average Bonchev–Trinajstić information content (AvgIpc) is 2.56. The van der Waals surface area contributed by atoms with E-state index >= 15 is 0 Å². The molecular formula is C8H7ClN4O2. The van der Waals surface area contributed by atoms with Gasteiger partial charge in [0, 0.05) is 13.0 Å². The molecule has 0 aromatic carbocycles. The van der Waals surface area contributed by atoms with Gasteiger partial charge in [0.25, 0.3) is 5.56 Å². The van der Waals surface area contributed by atoms with Crippen LogP contribution in [0.15, 0.2) is 21.7 Å². The summed E-state index contributed by atoms with van der Waals surface area (Å²) in [6.07, 6.45) is 1.34. The van der Waals surface area contributed by atoms with Gasteiger partial charge < -0.3 is 4.52 Å². The van der Waals surface area contributed by atoms with Crippen LogP contribution in [0, 0.1) is 6.92 Å². The van der Waals surface area contributed by atoms with Crippen molar-refractivity contribution in [1.82, 2.24) is 19.7 Å². The molecule has 2 aromatic heterocycles. The second-order valence-corrected chi connectivity index (χ2v) is 3.29. The smallest absolute Gasteiger partial charge is 0.255 e. The molecule has 0 aliphatic heterocycles. The zero-order valence-corrected chi connectivity index (χ0v) is 8.60. The summed E-state index contributed by atoms with van der Waals surface area (Å²) < 4.78 is 6.12. The molecule has 0 aliphatic rings. The molecule has 2 heterocycles. The molecular weight excluding hydrogens is 220 g/mol. The molecule has 0 aliphatic carbocycles. The van der Waals surface area contributed by atoms with E-state index in [1.807, 2.05) is 0 Å². The van der Waals surface area contributed by atoms with Crippen LogP contribution in [0.4, 0.5) is 0 Å². The molecule has 2 rings (SSSR count). The van der Waals surface area contributed by atoms with Crippen LogP contribution in [0.5, 0.6) is 0 Å². The normalized spacial score (nSPS) is 10.5. The lowest BCUT2D eigenvalue weighted by Crippen LogP contribution is -2.20. The van der Waals surface area contributed by atoms with E-state index in [1.165, 1.54) is 17.0 Å². The quantitative estimate of drug-likeness (QED) is 0.703. The summed E-state index contributed by atoms with van der Waals surface area (Å²) in [5, 5.41) is 3.84. The van der Waals surface area contributed by atoms with E-state index in [4.69, 9.17) is 16.1 Å². The SMILES string of the molecule is Cc1nc(Cn2cnc(Cl)cc2=O)no1. The van der Waals surface area contributed by atoms with Crippen LogP contribution >= 0.6 is 11.6 Å². The highest BCUT2D eigenvalue weighted by Crippen LogP contribution is 1.99. The number of hydrogen-bond acceptors (Lipinski definition) is 5. The molecule has 0 saturated heterocycles. The van der Waals surface area contributed by atoms with Crippen LogP contribution in [0.25, 0.3) is 0 Å². The van der Waals surface area contributed by atoms with E-state index in [0.717, 1.165) is 0 Å². The third-order valence-electron chi connectivity index (χ3n) is 1.73. The predicted octanol–water partition coefficient (Wildman–Crippen LogP) is 0.636. The van der Waals surface area contributed by atoms with Gasteiger partial charge in [-0.1, -0.05) is 16.8 Å². The van der Waals surface area contributed by atoms with Crippen molar-refractivity contribution in [3.05, 3.63) is 39.6 Å². The predicted molar refractivity (Wildman–Crippen MR) is 51.6 cm³/mol. The van der Waals surface area contributed by atoms with Crippen molar-refractivity contribution in [2.75, 3.05) is 0 Å². The van der Waals surface area contributed by atoms with Crippen LogP contribution in [0.1, 0.15) is 11.7 Å². The van der Waals surface area contributed by atoms with Crippen LogP contribution < -0.4 is 5.56 Å². The molecule has 0 bridgehead atoms. The fourth-order valence-electron chi connectivity index (χ4n) is 1.08. The summed E-state index contributed by atoms with van der Waals surface area (Å²) in [4.78, 5) is 19.2. The van der Waals surface area contributed by atoms with Gasteiger partial charge in [0.1, 0.15) is 5.15 Å². The number of nitrogens with zero attached hydrogens (tertiary/aromatic N) is 4. The Bertz CT molecular complexity index is 533. The first-order valence-electron chi connectivity index (χ1n) is 4.16. The summed E-state index contributed by atoms with van der Waals surface area (Å²) in [6, 6.07) is 1.23. The summed E-state index contributed by atoms with van der Waals surface area (Å²) in [6.45, 7) is 1.90. The fourth-order valence-corrected chi connectivity index (χ4v) is 1.22. The topological polar surface area (TPSA) is 73.8 Å². The Balaban J connectivity index is 2.28. The van der Waals surface area contributed by atoms with Crippen LogP contribution in [-0.4, -0.2) is 19.7 Å². The van der Waals surface area contributed by atoms with Crippen molar-refractivity contribution in [2.24, 2.45) is 0 Å². The van der Waals surface area contributed by atoms with Gasteiger partial charge in [0.15, 0.2) is 5.82 Å². The summed E-state index contributed by atoms with van der Waals surface area (Å²) in [7, 11) is 0. The lowest BCUT2D eigenvalue weighted by atomic mass is 10.5. The maximum absolute atomic E-state index is 11.4. The first-order valence-corrected chi connectivity index (χ1v) is 4.54. The Hall–Kier alpha value is -1.69. The largest absolute Gasteiger partial charge is 0.340 e. The van der Waals surface area contributed by atoms with Gasteiger partial charge in [-0.3, -0.25) is 9.36 Å². The van der Waals surface area contributed by atoms with Crippen LogP contribution in [0.3, 0.4) is 0 Å². The van der Waals surface area contributed by atoms with E-state index in [1.54, 1.807) is 6.92 Å². The molecule has 6 nitrogen and oxygen atoms in total. The molecule has 0 spiro atoms. The number of halogens is 1. The molecule has 0 N–H and O–H groups in total. The zero-order chi connectivity index (χ0) is 10.8. The minimum atomic E-state index is -0.252. The molecule has 15 heavy (non-hydrogen) atoms. The molecule has 0 radical (unpaired) electrons. The van der Waals surface area contributed by atoms with E-state index in [0.29, 0.717) is 11.7 Å². The number of aryl methyl sites for hydroxylation is 1. The van der Waals surface area contributed by atoms with E-state index in [9.17, 15) is 4.79 Å². The maximum Gasteiger partial charge on any atom is 0.255 e. The third-order valence-corrected chi connectivity index (χ3v) is 1.93. The van der Waals surface area contributed by atoms with E-state index in [2.05, 4.69) is 15.1 Å². The third kappa shape index (κ3) is 2.21. The second kappa shape index (κ2) is 3.82. The highest BCUT2D eigenvalue weighted by molar-refractivity contribution is 6.29. The number of hydrogen-bond donors (Lipinski definition) is 0. The Kier molecular flexibility index (Phi) is 2.51. The number of rotatable bonds is 2. The first kappa shape index (κ1) is 9.85. The second-order valence-electron chi connectivity index (χ2n) is 2.91. The summed E-state index contributed by atoms with van der Waals surface area (Å²) >= 11 is 5.55. The van der Waals surface area contributed by atoms with Crippen LogP contribution in [0.2, 0.25) is 5.15 Å². The van der Waals surface area contributed by atoms with Gasteiger partial charge >= 0.3 is 0 Å². The lowest BCUT2D eigenvalue weighted by Gasteiger charge is -1.99. The van der Waals surface area contributed by atoms with Crippen molar-refractivity contribution < 1.29 is 4.52 Å². The standard InChI is InChI=1S/C8H7ClN4O2/c1-5-11-7(12-15-5)3-13-4-10-6(9)2-8(13)14/h2,4H,3H2,1H3. The highest BCUT2D eigenvalue weighted by Gasteiger charge is 2.04. The molecule has 0 unspecified atom stereocenters. The molecule has 2 aromatic rings. The van der Waals surface area contributed by atoms with E-state index in [-0.39, 0.29) is 17.3 Å².